The first-order chi connectivity index (χ1) is 11.5. The van der Waals surface area contributed by atoms with Crippen molar-refractivity contribution in [2.45, 2.75) is 26.9 Å². The highest BCUT2D eigenvalue weighted by atomic mass is 16.5. The first-order valence-electron chi connectivity index (χ1n) is 7.74. The molecule has 1 N–H and O–H groups in total. The van der Waals surface area contributed by atoms with Crippen LogP contribution < -0.4 is 14.9 Å². The Morgan fingerprint density at radius 2 is 1.83 bits per heavy atom. The zero-order valence-electron chi connectivity index (χ0n) is 14.4. The minimum Gasteiger partial charge on any atom is -0.493 e. The van der Waals surface area contributed by atoms with Crippen LogP contribution in [0.2, 0.25) is 0 Å². The Balaban J connectivity index is 2.03. The molecule has 0 unspecified atom stereocenters. The second-order valence-electron chi connectivity index (χ2n) is 5.64. The molecule has 0 bridgehead atoms. The van der Waals surface area contributed by atoms with Gasteiger partial charge in [0.15, 0.2) is 11.5 Å². The van der Waals surface area contributed by atoms with Crippen molar-refractivity contribution in [2.75, 3.05) is 7.11 Å². The van der Waals surface area contributed by atoms with Crippen molar-refractivity contribution in [3.05, 3.63) is 59.2 Å². The number of ether oxygens (including phenoxy) is 2. The molecule has 24 heavy (non-hydrogen) atoms. The fourth-order valence-electron chi connectivity index (χ4n) is 2.05. The third-order valence-corrected chi connectivity index (χ3v) is 3.24. The predicted octanol–water partition coefficient (Wildman–Crippen LogP) is 3.55. The molecule has 0 heterocycles. The quantitative estimate of drug-likeness (QED) is 0.652. The van der Waals surface area contributed by atoms with Gasteiger partial charge in [-0.15, -0.1) is 0 Å². The van der Waals surface area contributed by atoms with Crippen LogP contribution >= 0.6 is 0 Å². The molecule has 0 aromatic heterocycles. The Bertz CT molecular complexity index is 722. The average molecular weight is 326 g/mol. The molecular weight excluding hydrogens is 304 g/mol. The molecule has 0 atom stereocenters. The maximum atomic E-state index is 12.0. The van der Waals surface area contributed by atoms with Crippen molar-refractivity contribution in [1.82, 2.24) is 5.43 Å². The van der Waals surface area contributed by atoms with Crippen molar-refractivity contribution in [3.8, 4) is 11.5 Å². The highest BCUT2D eigenvalue weighted by Crippen LogP contribution is 2.28. The molecule has 0 aliphatic heterocycles. The number of carbonyl (C=O) groups is 1. The predicted molar refractivity (Wildman–Crippen MR) is 95.0 cm³/mol. The first-order valence-corrected chi connectivity index (χ1v) is 7.74. The van der Waals surface area contributed by atoms with Crippen LogP contribution in [-0.2, 0) is 0 Å². The third kappa shape index (κ3) is 4.84. The molecular formula is C19H22N2O3. The van der Waals surface area contributed by atoms with Crippen LogP contribution in [0, 0.1) is 6.92 Å². The number of hydrazone groups is 1. The Hall–Kier alpha value is -2.82. The summed E-state index contributed by atoms with van der Waals surface area (Å²) in [7, 11) is 1.59. The second kappa shape index (κ2) is 8.15. The van der Waals surface area contributed by atoms with Gasteiger partial charge in [0.05, 0.1) is 19.4 Å². The minimum atomic E-state index is -0.252. The highest BCUT2D eigenvalue weighted by molar-refractivity contribution is 5.94. The molecule has 5 nitrogen and oxygen atoms in total. The molecule has 2 rings (SSSR count). The summed E-state index contributed by atoms with van der Waals surface area (Å²) in [5.41, 5.74) is 4.98. The van der Waals surface area contributed by atoms with Crippen molar-refractivity contribution in [3.63, 3.8) is 0 Å². The lowest BCUT2D eigenvalue weighted by Crippen LogP contribution is -2.17. The summed E-state index contributed by atoms with van der Waals surface area (Å²) in [4.78, 5) is 12.0. The van der Waals surface area contributed by atoms with Crippen molar-refractivity contribution < 1.29 is 14.3 Å². The van der Waals surface area contributed by atoms with Crippen LogP contribution in [0.15, 0.2) is 47.6 Å². The Labute approximate surface area is 142 Å². The first kappa shape index (κ1) is 17.5. The van der Waals surface area contributed by atoms with Crippen LogP contribution in [0.25, 0.3) is 0 Å². The fourth-order valence-corrected chi connectivity index (χ4v) is 2.05. The average Bonchev–Trinajstić information content (AvgIpc) is 2.56. The van der Waals surface area contributed by atoms with E-state index in [0.29, 0.717) is 17.1 Å². The Kier molecular flexibility index (Phi) is 5.95. The van der Waals surface area contributed by atoms with Crippen LogP contribution in [-0.4, -0.2) is 25.3 Å². The minimum absolute atomic E-state index is 0.0622. The van der Waals surface area contributed by atoms with Crippen molar-refractivity contribution >= 4 is 12.1 Å². The van der Waals surface area contributed by atoms with E-state index in [1.54, 1.807) is 31.5 Å². The zero-order chi connectivity index (χ0) is 17.5. The van der Waals surface area contributed by atoms with Gasteiger partial charge in [0.1, 0.15) is 0 Å². The maximum Gasteiger partial charge on any atom is 0.271 e. The molecule has 0 saturated heterocycles. The molecule has 0 radical (unpaired) electrons. The van der Waals surface area contributed by atoms with Crippen molar-refractivity contribution in [2.24, 2.45) is 5.10 Å². The number of aryl methyl sites for hydroxylation is 1. The van der Waals surface area contributed by atoms with Gasteiger partial charge in [-0.3, -0.25) is 4.79 Å². The standard InChI is InChI=1S/C19H22N2O3/c1-13(2)24-17-10-7-15(11-18(17)23-4)12-20-21-19(22)16-8-5-14(3)6-9-16/h5-13H,1-4H3,(H,21,22)/b20-12-. The number of benzene rings is 2. The largest absolute Gasteiger partial charge is 0.493 e. The van der Waals surface area contributed by atoms with Gasteiger partial charge >= 0.3 is 0 Å². The summed E-state index contributed by atoms with van der Waals surface area (Å²) in [6, 6.07) is 12.8. The number of carbonyl (C=O) groups excluding carboxylic acids is 1. The number of hydrogen-bond acceptors (Lipinski definition) is 4. The molecule has 126 valence electrons. The monoisotopic (exact) mass is 326 g/mol. The van der Waals surface area contributed by atoms with E-state index in [0.717, 1.165) is 11.1 Å². The molecule has 0 saturated carbocycles. The summed E-state index contributed by atoms with van der Waals surface area (Å²) in [6.45, 7) is 5.88. The van der Waals surface area contributed by atoms with E-state index in [-0.39, 0.29) is 12.0 Å². The van der Waals surface area contributed by atoms with E-state index in [1.165, 1.54) is 0 Å². The Morgan fingerprint density at radius 1 is 1.12 bits per heavy atom. The molecule has 0 aliphatic carbocycles. The molecule has 5 heteroatoms. The Morgan fingerprint density at radius 3 is 2.46 bits per heavy atom. The van der Waals surface area contributed by atoms with Gasteiger partial charge in [-0.2, -0.15) is 5.10 Å². The van der Waals surface area contributed by atoms with E-state index in [4.69, 9.17) is 9.47 Å². The molecule has 2 aromatic rings. The normalized spacial score (nSPS) is 10.9. The van der Waals surface area contributed by atoms with E-state index in [9.17, 15) is 4.79 Å². The number of hydrogen-bond donors (Lipinski definition) is 1. The third-order valence-electron chi connectivity index (χ3n) is 3.24. The number of nitrogens with zero attached hydrogens (tertiary/aromatic N) is 1. The highest BCUT2D eigenvalue weighted by Gasteiger charge is 2.07. The fraction of sp³-hybridized carbons (Fsp3) is 0.263. The topological polar surface area (TPSA) is 59.9 Å². The van der Waals surface area contributed by atoms with E-state index in [1.807, 2.05) is 45.0 Å². The number of methoxy groups -OCH3 is 1. The summed E-state index contributed by atoms with van der Waals surface area (Å²) in [5.74, 6) is 1.05. The number of rotatable bonds is 6. The lowest BCUT2D eigenvalue weighted by atomic mass is 10.1. The smallest absolute Gasteiger partial charge is 0.271 e. The van der Waals surface area contributed by atoms with Gasteiger partial charge in [-0.1, -0.05) is 17.7 Å². The van der Waals surface area contributed by atoms with Gasteiger partial charge in [0, 0.05) is 5.56 Å². The SMILES string of the molecule is COc1cc(/C=N\NC(=O)c2ccc(C)cc2)ccc1OC(C)C. The van der Waals surface area contributed by atoms with E-state index >= 15 is 0 Å². The van der Waals surface area contributed by atoms with Crippen LogP contribution in [0.5, 0.6) is 11.5 Å². The molecule has 0 aliphatic rings. The van der Waals surface area contributed by atoms with Crippen molar-refractivity contribution in [1.29, 1.82) is 0 Å². The van der Waals surface area contributed by atoms with E-state index < -0.39 is 0 Å². The number of nitrogens with one attached hydrogen (secondary N) is 1. The maximum absolute atomic E-state index is 12.0. The van der Waals surface area contributed by atoms with Crippen LogP contribution in [0.1, 0.15) is 35.3 Å². The molecule has 2 aromatic carbocycles. The van der Waals surface area contributed by atoms with Crippen LogP contribution in [0.3, 0.4) is 0 Å². The second-order valence-corrected chi connectivity index (χ2v) is 5.64. The summed E-state index contributed by atoms with van der Waals surface area (Å²) >= 11 is 0. The molecule has 1 amide bonds. The zero-order valence-corrected chi connectivity index (χ0v) is 14.4. The lowest BCUT2D eigenvalue weighted by molar-refractivity contribution is 0.0955. The van der Waals surface area contributed by atoms with Gasteiger partial charge in [-0.25, -0.2) is 5.43 Å². The van der Waals surface area contributed by atoms with Gasteiger partial charge < -0.3 is 9.47 Å². The van der Waals surface area contributed by atoms with E-state index in [2.05, 4.69) is 10.5 Å². The van der Waals surface area contributed by atoms with Gasteiger partial charge in [0.25, 0.3) is 5.91 Å². The molecule has 0 fully saturated rings. The van der Waals surface area contributed by atoms with Crippen LogP contribution in [0.4, 0.5) is 0 Å². The summed E-state index contributed by atoms with van der Waals surface area (Å²) in [5, 5.41) is 3.99. The lowest BCUT2D eigenvalue weighted by Gasteiger charge is -2.13. The summed E-state index contributed by atoms with van der Waals surface area (Å²) < 4.78 is 11.0. The van der Waals surface area contributed by atoms with Gasteiger partial charge in [-0.05, 0) is 56.7 Å². The summed E-state index contributed by atoms with van der Waals surface area (Å²) in [6.07, 6.45) is 1.63. The van der Waals surface area contributed by atoms with Gasteiger partial charge in [0.2, 0.25) is 0 Å². The number of amides is 1. The molecule has 0 spiro atoms.